The van der Waals surface area contributed by atoms with Gasteiger partial charge in [-0.2, -0.15) is 5.26 Å². The van der Waals surface area contributed by atoms with Crippen molar-refractivity contribution >= 4 is 23.2 Å². The Balaban J connectivity index is 2.40. The summed E-state index contributed by atoms with van der Waals surface area (Å²) in [5.41, 5.74) is -0.444. The fourth-order valence-corrected chi connectivity index (χ4v) is 2.39. The summed E-state index contributed by atoms with van der Waals surface area (Å²) < 4.78 is 5.21. The highest BCUT2D eigenvalue weighted by Gasteiger charge is 2.43. The molecule has 0 bridgehead atoms. The first-order valence-corrected chi connectivity index (χ1v) is 5.97. The predicted molar refractivity (Wildman–Crippen MR) is 64.9 cm³/mol. The van der Waals surface area contributed by atoms with Crippen LogP contribution in [-0.4, -0.2) is 18.3 Å². The van der Waals surface area contributed by atoms with Crippen molar-refractivity contribution in [2.75, 3.05) is 13.2 Å². The van der Waals surface area contributed by atoms with Crippen molar-refractivity contribution in [1.82, 2.24) is 0 Å². The highest BCUT2D eigenvalue weighted by Crippen LogP contribution is 2.43. The van der Waals surface area contributed by atoms with Crippen LogP contribution in [0.2, 0.25) is 10.0 Å². The molecule has 0 saturated carbocycles. The largest absolute Gasteiger partial charge is 0.387 e. The zero-order valence-corrected chi connectivity index (χ0v) is 10.5. The molecule has 2 unspecified atom stereocenters. The van der Waals surface area contributed by atoms with Crippen molar-refractivity contribution in [2.45, 2.75) is 12.5 Å². The van der Waals surface area contributed by atoms with Gasteiger partial charge in [-0.3, -0.25) is 0 Å². The first kappa shape index (κ1) is 12.7. The zero-order chi connectivity index (χ0) is 12.5. The minimum absolute atomic E-state index is 0.216. The van der Waals surface area contributed by atoms with Crippen LogP contribution >= 0.6 is 23.2 Å². The summed E-state index contributed by atoms with van der Waals surface area (Å²) in [5, 5.41) is 20.2. The van der Waals surface area contributed by atoms with Crippen LogP contribution in [0.15, 0.2) is 18.2 Å². The number of halogens is 2. The van der Waals surface area contributed by atoms with Gasteiger partial charge in [-0.1, -0.05) is 35.3 Å². The van der Waals surface area contributed by atoms with Crippen LogP contribution in [-0.2, 0) is 4.74 Å². The van der Waals surface area contributed by atoms with E-state index < -0.39 is 11.5 Å². The van der Waals surface area contributed by atoms with Gasteiger partial charge in [0.25, 0.3) is 0 Å². The standard InChI is InChI=1S/C12H11Cl2NO2/c13-9-3-1-2-8(10(9)14)11(16)12(6-15)4-5-17-7-12/h1-3,11,16H,4-5,7H2. The molecule has 2 atom stereocenters. The Hall–Kier alpha value is -0.790. The molecule has 1 fully saturated rings. The third-order valence-corrected chi connectivity index (χ3v) is 3.91. The first-order valence-electron chi connectivity index (χ1n) is 5.22. The van der Waals surface area contributed by atoms with Gasteiger partial charge >= 0.3 is 0 Å². The first-order chi connectivity index (χ1) is 8.10. The van der Waals surface area contributed by atoms with Crippen molar-refractivity contribution in [3.05, 3.63) is 33.8 Å². The lowest BCUT2D eigenvalue weighted by Crippen LogP contribution is -2.28. The topological polar surface area (TPSA) is 53.2 Å². The van der Waals surface area contributed by atoms with Crippen molar-refractivity contribution in [3.8, 4) is 6.07 Å². The summed E-state index contributed by atoms with van der Waals surface area (Å²) in [7, 11) is 0. The number of aliphatic hydroxyl groups is 1. The molecule has 0 aliphatic carbocycles. The van der Waals surface area contributed by atoms with E-state index in [0.717, 1.165) is 0 Å². The number of benzene rings is 1. The van der Waals surface area contributed by atoms with E-state index in [2.05, 4.69) is 6.07 Å². The number of rotatable bonds is 2. The van der Waals surface area contributed by atoms with E-state index in [0.29, 0.717) is 28.6 Å². The maximum absolute atomic E-state index is 10.3. The van der Waals surface area contributed by atoms with Crippen LogP contribution in [0.1, 0.15) is 18.1 Å². The van der Waals surface area contributed by atoms with Gasteiger partial charge in [0.15, 0.2) is 0 Å². The van der Waals surface area contributed by atoms with Gasteiger partial charge in [0.2, 0.25) is 0 Å². The van der Waals surface area contributed by atoms with Crippen LogP contribution < -0.4 is 0 Å². The van der Waals surface area contributed by atoms with Crippen molar-refractivity contribution in [3.63, 3.8) is 0 Å². The molecule has 5 heteroatoms. The van der Waals surface area contributed by atoms with Crippen LogP contribution in [0.3, 0.4) is 0 Å². The Bertz CT molecular complexity index is 464. The summed E-state index contributed by atoms with van der Waals surface area (Å²) in [6, 6.07) is 7.17. The number of hydrogen-bond acceptors (Lipinski definition) is 3. The van der Waals surface area contributed by atoms with Crippen molar-refractivity contribution < 1.29 is 9.84 Å². The molecule has 90 valence electrons. The molecule has 1 aromatic rings. The maximum atomic E-state index is 10.3. The summed E-state index contributed by atoms with van der Waals surface area (Å²) in [6.07, 6.45) is -0.491. The van der Waals surface area contributed by atoms with E-state index in [4.69, 9.17) is 27.9 Å². The molecule has 0 aromatic heterocycles. The third-order valence-electron chi connectivity index (χ3n) is 3.07. The average molecular weight is 272 g/mol. The number of aliphatic hydroxyl groups excluding tert-OH is 1. The monoisotopic (exact) mass is 271 g/mol. The van der Waals surface area contributed by atoms with Crippen LogP contribution in [0.5, 0.6) is 0 Å². The molecule has 0 amide bonds. The number of nitriles is 1. The quantitative estimate of drug-likeness (QED) is 0.900. The Morgan fingerprint density at radius 3 is 2.82 bits per heavy atom. The summed E-state index contributed by atoms with van der Waals surface area (Å²) in [6.45, 7) is 0.691. The minimum Gasteiger partial charge on any atom is -0.387 e. The SMILES string of the molecule is N#CC1(C(O)c2cccc(Cl)c2Cl)CCOC1. The molecule has 2 rings (SSSR count). The lowest BCUT2D eigenvalue weighted by Gasteiger charge is -2.26. The third kappa shape index (κ3) is 2.14. The predicted octanol–water partition coefficient (Wildman–Crippen LogP) is 2.96. The van der Waals surface area contributed by atoms with Crippen LogP contribution in [0.25, 0.3) is 0 Å². The smallest absolute Gasteiger partial charge is 0.113 e. The lowest BCUT2D eigenvalue weighted by atomic mass is 9.79. The second-order valence-corrected chi connectivity index (χ2v) is 4.90. The second kappa shape index (κ2) is 4.83. The zero-order valence-electron chi connectivity index (χ0n) is 8.99. The Labute approximate surface area is 110 Å². The molecule has 1 aromatic carbocycles. The average Bonchev–Trinajstić information content (AvgIpc) is 2.82. The van der Waals surface area contributed by atoms with E-state index >= 15 is 0 Å². The van der Waals surface area contributed by atoms with Gasteiger partial charge in [0, 0.05) is 12.2 Å². The Kier molecular flexibility index (Phi) is 3.60. The van der Waals surface area contributed by atoms with Gasteiger partial charge in [-0.25, -0.2) is 0 Å². The minimum atomic E-state index is -0.985. The van der Waals surface area contributed by atoms with Gasteiger partial charge in [0.05, 0.1) is 22.7 Å². The second-order valence-electron chi connectivity index (χ2n) is 4.12. The molecule has 0 spiro atoms. The lowest BCUT2D eigenvalue weighted by molar-refractivity contribution is 0.0505. The molecule has 1 saturated heterocycles. The van der Waals surface area contributed by atoms with Crippen molar-refractivity contribution in [1.29, 1.82) is 5.26 Å². The molecule has 1 aliphatic heterocycles. The molecule has 1 N–H and O–H groups in total. The summed E-state index contributed by atoms with van der Waals surface area (Å²) in [4.78, 5) is 0. The van der Waals surface area contributed by atoms with Crippen LogP contribution in [0, 0.1) is 16.7 Å². The molecular weight excluding hydrogens is 261 g/mol. The molecule has 1 heterocycles. The molecule has 0 radical (unpaired) electrons. The van der Waals surface area contributed by atoms with E-state index in [-0.39, 0.29) is 6.61 Å². The fourth-order valence-electron chi connectivity index (χ4n) is 1.98. The normalized spacial score (nSPS) is 25.5. The molecule has 3 nitrogen and oxygen atoms in total. The number of nitrogens with zero attached hydrogens (tertiary/aromatic N) is 1. The Morgan fingerprint density at radius 1 is 1.47 bits per heavy atom. The van der Waals surface area contributed by atoms with E-state index in [1.165, 1.54) is 0 Å². The van der Waals surface area contributed by atoms with Crippen LogP contribution in [0.4, 0.5) is 0 Å². The number of ether oxygens (including phenoxy) is 1. The van der Waals surface area contributed by atoms with Crippen molar-refractivity contribution in [2.24, 2.45) is 5.41 Å². The van der Waals surface area contributed by atoms with Gasteiger partial charge in [0.1, 0.15) is 11.5 Å². The maximum Gasteiger partial charge on any atom is 0.113 e. The van der Waals surface area contributed by atoms with E-state index in [1.54, 1.807) is 18.2 Å². The summed E-state index contributed by atoms with van der Waals surface area (Å²) >= 11 is 11.9. The fraction of sp³-hybridized carbons (Fsp3) is 0.417. The number of hydrogen-bond donors (Lipinski definition) is 1. The van der Waals surface area contributed by atoms with Gasteiger partial charge in [-0.15, -0.1) is 0 Å². The van der Waals surface area contributed by atoms with E-state index in [9.17, 15) is 10.4 Å². The van der Waals surface area contributed by atoms with Gasteiger partial charge in [-0.05, 0) is 12.5 Å². The summed E-state index contributed by atoms with van der Waals surface area (Å²) in [5.74, 6) is 0. The van der Waals surface area contributed by atoms with Gasteiger partial charge < -0.3 is 9.84 Å². The highest BCUT2D eigenvalue weighted by molar-refractivity contribution is 6.42. The molecule has 1 aliphatic rings. The van der Waals surface area contributed by atoms with E-state index in [1.807, 2.05) is 0 Å². The highest BCUT2D eigenvalue weighted by atomic mass is 35.5. The Morgan fingerprint density at radius 2 is 2.24 bits per heavy atom. The molecular formula is C12H11Cl2NO2. The molecule has 17 heavy (non-hydrogen) atoms.